The van der Waals surface area contributed by atoms with Crippen molar-refractivity contribution in [2.24, 2.45) is 5.92 Å². The molecule has 0 aliphatic carbocycles. The molecule has 1 saturated heterocycles. The Morgan fingerprint density at radius 3 is 2.22 bits per heavy atom. The summed E-state index contributed by atoms with van der Waals surface area (Å²) in [4.78, 5) is 2.59. The van der Waals surface area contributed by atoms with Crippen LogP contribution >= 0.6 is 0 Å². The number of nitrogens with zero attached hydrogens (tertiary/aromatic N) is 6. The van der Waals surface area contributed by atoms with Crippen LogP contribution in [0, 0.1) is 19.8 Å². The first kappa shape index (κ1) is 22.6. The third-order valence-electron chi connectivity index (χ3n) is 5.71. The minimum atomic E-state index is -3.64. The lowest BCUT2D eigenvalue weighted by atomic mass is 10.1. The highest BCUT2D eigenvalue weighted by atomic mass is 32.2. The first-order valence-corrected chi connectivity index (χ1v) is 12.4. The molecule has 0 N–H and O–H groups in total. The lowest BCUT2D eigenvalue weighted by Gasteiger charge is -2.34. The smallest absolute Gasteiger partial charge is 0.246 e. The molecule has 4 rings (SSSR count). The van der Waals surface area contributed by atoms with Crippen molar-refractivity contribution < 1.29 is 8.42 Å². The molecule has 32 heavy (non-hydrogen) atoms. The standard InChI is InChI=1S/C23H30N6O2S/c1-17(2)16-27-12-14-28(15-13-27)32(30,31)23-18(3)26-29(19(23)4)22-11-10-21(24-25-22)20-8-6-5-7-9-20/h5-11,17H,12-16H2,1-4H3. The first-order chi connectivity index (χ1) is 15.3. The zero-order valence-corrected chi connectivity index (χ0v) is 19.9. The zero-order chi connectivity index (χ0) is 22.9. The Morgan fingerprint density at radius 2 is 1.62 bits per heavy atom. The van der Waals surface area contributed by atoms with Crippen molar-refractivity contribution in [3.8, 4) is 17.1 Å². The number of hydrogen-bond acceptors (Lipinski definition) is 6. The summed E-state index contributed by atoms with van der Waals surface area (Å²) >= 11 is 0. The van der Waals surface area contributed by atoms with Gasteiger partial charge in [0.15, 0.2) is 5.82 Å². The van der Waals surface area contributed by atoms with Crippen LogP contribution in [-0.4, -0.2) is 70.3 Å². The van der Waals surface area contributed by atoms with E-state index in [-0.39, 0.29) is 4.90 Å². The summed E-state index contributed by atoms with van der Waals surface area (Å²) in [6, 6.07) is 13.5. The van der Waals surface area contributed by atoms with E-state index >= 15 is 0 Å². The van der Waals surface area contributed by atoms with Crippen LogP contribution in [0.1, 0.15) is 25.2 Å². The van der Waals surface area contributed by atoms with Gasteiger partial charge in [0.2, 0.25) is 10.0 Å². The number of aromatic nitrogens is 4. The molecule has 170 valence electrons. The van der Waals surface area contributed by atoms with E-state index in [0.29, 0.717) is 36.2 Å². The minimum Gasteiger partial charge on any atom is -0.300 e. The van der Waals surface area contributed by atoms with E-state index in [4.69, 9.17) is 0 Å². The van der Waals surface area contributed by atoms with Crippen LogP contribution < -0.4 is 0 Å². The number of sulfonamides is 1. The fourth-order valence-electron chi connectivity index (χ4n) is 4.22. The van der Waals surface area contributed by atoms with Gasteiger partial charge < -0.3 is 4.90 Å². The molecule has 0 atom stereocenters. The molecule has 3 heterocycles. The van der Waals surface area contributed by atoms with Gasteiger partial charge in [-0.25, -0.2) is 13.1 Å². The van der Waals surface area contributed by atoms with Gasteiger partial charge in [-0.05, 0) is 31.9 Å². The van der Waals surface area contributed by atoms with Crippen molar-refractivity contribution in [3.63, 3.8) is 0 Å². The normalized spacial score (nSPS) is 16.0. The third kappa shape index (κ3) is 4.46. The summed E-state index contributed by atoms with van der Waals surface area (Å²) in [5.41, 5.74) is 2.75. The molecule has 0 radical (unpaired) electrons. The fourth-order valence-corrected chi connectivity index (χ4v) is 6.00. The SMILES string of the molecule is Cc1nn(-c2ccc(-c3ccccc3)nn2)c(C)c1S(=O)(=O)N1CCN(CC(C)C)CC1. The molecule has 2 aromatic heterocycles. The fraction of sp³-hybridized carbons (Fsp3) is 0.435. The molecule has 1 aromatic carbocycles. The molecule has 0 saturated carbocycles. The predicted octanol–water partition coefficient (Wildman–Crippen LogP) is 2.91. The second-order valence-corrected chi connectivity index (χ2v) is 10.5. The minimum absolute atomic E-state index is 0.267. The summed E-state index contributed by atoms with van der Waals surface area (Å²) in [6.07, 6.45) is 0. The number of piperazine rings is 1. The van der Waals surface area contributed by atoms with Gasteiger partial charge in [0.05, 0.1) is 17.1 Å². The van der Waals surface area contributed by atoms with Gasteiger partial charge in [-0.2, -0.15) is 9.40 Å². The van der Waals surface area contributed by atoms with Crippen LogP contribution in [0.15, 0.2) is 47.4 Å². The van der Waals surface area contributed by atoms with Gasteiger partial charge in [0.25, 0.3) is 0 Å². The monoisotopic (exact) mass is 454 g/mol. The highest BCUT2D eigenvalue weighted by molar-refractivity contribution is 7.89. The maximum absolute atomic E-state index is 13.5. The largest absolute Gasteiger partial charge is 0.300 e. The lowest BCUT2D eigenvalue weighted by Crippen LogP contribution is -2.49. The molecule has 0 amide bonds. The first-order valence-electron chi connectivity index (χ1n) is 11.0. The van der Waals surface area contributed by atoms with E-state index in [2.05, 4.69) is 34.0 Å². The number of benzene rings is 1. The highest BCUT2D eigenvalue weighted by Crippen LogP contribution is 2.26. The van der Waals surface area contributed by atoms with Crippen molar-refractivity contribution in [1.82, 2.24) is 29.2 Å². The average Bonchev–Trinajstić information content (AvgIpc) is 3.09. The van der Waals surface area contributed by atoms with Gasteiger partial charge in [0, 0.05) is 38.3 Å². The van der Waals surface area contributed by atoms with Crippen LogP contribution in [0.5, 0.6) is 0 Å². The second-order valence-electron chi connectivity index (χ2n) is 8.65. The lowest BCUT2D eigenvalue weighted by molar-refractivity contribution is 0.172. The zero-order valence-electron chi connectivity index (χ0n) is 19.1. The molecule has 0 unspecified atom stereocenters. The number of aryl methyl sites for hydroxylation is 1. The summed E-state index contributed by atoms with van der Waals surface area (Å²) in [5, 5.41) is 13.1. The molecule has 0 spiro atoms. The van der Waals surface area contributed by atoms with Crippen molar-refractivity contribution in [1.29, 1.82) is 0 Å². The molecule has 0 bridgehead atoms. The van der Waals surface area contributed by atoms with Crippen molar-refractivity contribution >= 4 is 10.0 Å². The van der Waals surface area contributed by atoms with Crippen LogP contribution in [0.25, 0.3) is 17.1 Å². The molecular weight excluding hydrogens is 424 g/mol. The number of hydrogen-bond donors (Lipinski definition) is 0. The van der Waals surface area contributed by atoms with Gasteiger partial charge in [-0.15, -0.1) is 10.2 Å². The Kier molecular flexibility index (Phi) is 6.41. The topological polar surface area (TPSA) is 84.2 Å². The maximum Gasteiger partial charge on any atom is 0.246 e. The summed E-state index contributed by atoms with van der Waals surface area (Å²) in [5.74, 6) is 1.06. The molecule has 1 fully saturated rings. The van der Waals surface area contributed by atoms with E-state index in [1.54, 1.807) is 22.8 Å². The summed E-state index contributed by atoms with van der Waals surface area (Å²) in [6.45, 7) is 11.3. The van der Waals surface area contributed by atoms with E-state index in [1.165, 1.54) is 0 Å². The van der Waals surface area contributed by atoms with E-state index < -0.39 is 10.0 Å². The quantitative estimate of drug-likeness (QED) is 0.569. The molecule has 8 nitrogen and oxygen atoms in total. The van der Waals surface area contributed by atoms with Crippen LogP contribution in [0.4, 0.5) is 0 Å². The molecule has 1 aliphatic rings. The van der Waals surface area contributed by atoms with Crippen molar-refractivity contribution in [2.45, 2.75) is 32.6 Å². The van der Waals surface area contributed by atoms with Crippen LogP contribution in [0.3, 0.4) is 0 Å². The predicted molar refractivity (Wildman–Crippen MR) is 124 cm³/mol. The van der Waals surface area contributed by atoms with Crippen molar-refractivity contribution in [2.75, 3.05) is 32.7 Å². The van der Waals surface area contributed by atoms with Crippen LogP contribution in [-0.2, 0) is 10.0 Å². The maximum atomic E-state index is 13.5. The van der Waals surface area contributed by atoms with Gasteiger partial charge in [-0.1, -0.05) is 44.2 Å². The Morgan fingerprint density at radius 1 is 0.938 bits per heavy atom. The highest BCUT2D eigenvalue weighted by Gasteiger charge is 2.33. The third-order valence-corrected chi connectivity index (χ3v) is 7.87. The van der Waals surface area contributed by atoms with Crippen LogP contribution in [0.2, 0.25) is 0 Å². The number of rotatable bonds is 6. The van der Waals surface area contributed by atoms with E-state index in [1.807, 2.05) is 42.5 Å². The Labute approximate surface area is 189 Å². The molecule has 1 aliphatic heterocycles. The molecular formula is C23H30N6O2S. The molecule has 3 aromatic rings. The summed E-state index contributed by atoms with van der Waals surface area (Å²) < 4.78 is 30.1. The van der Waals surface area contributed by atoms with Gasteiger partial charge in [-0.3, -0.25) is 0 Å². The second kappa shape index (κ2) is 9.09. The van der Waals surface area contributed by atoms with Crippen molar-refractivity contribution in [3.05, 3.63) is 53.9 Å². The average molecular weight is 455 g/mol. The van der Waals surface area contributed by atoms with E-state index in [0.717, 1.165) is 30.9 Å². The van der Waals surface area contributed by atoms with Gasteiger partial charge >= 0.3 is 0 Å². The van der Waals surface area contributed by atoms with E-state index in [9.17, 15) is 8.42 Å². The molecule has 9 heteroatoms. The summed E-state index contributed by atoms with van der Waals surface area (Å²) in [7, 11) is -3.64. The Bertz CT molecular complexity index is 1170. The Balaban J connectivity index is 1.58. The Hall–Kier alpha value is -2.62. The van der Waals surface area contributed by atoms with Gasteiger partial charge in [0.1, 0.15) is 4.90 Å².